The highest BCUT2D eigenvalue weighted by atomic mass is 32.1. The molecule has 1 aliphatic rings. The summed E-state index contributed by atoms with van der Waals surface area (Å²) < 4.78 is 5.44. The number of methoxy groups -OCH3 is 1. The molecule has 6 nitrogen and oxygen atoms in total. The quantitative estimate of drug-likeness (QED) is 0.838. The lowest BCUT2D eigenvalue weighted by Crippen LogP contribution is -2.35. The number of ether oxygens (including phenoxy) is 1. The summed E-state index contributed by atoms with van der Waals surface area (Å²) in [5.74, 6) is 0.603. The summed E-state index contributed by atoms with van der Waals surface area (Å²) in [6.07, 6.45) is 2.60. The number of aromatic nitrogens is 3. The van der Waals surface area contributed by atoms with E-state index in [2.05, 4.69) is 19.9 Å². The van der Waals surface area contributed by atoms with Crippen molar-refractivity contribution in [1.82, 2.24) is 19.9 Å². The van der Waals surface area contributed by atoms with Gasteiger partial charge >= 0.3 is 0 Å². The number of hydrogen-bond donors (Lipinski definition) is 2. The van der Waals surface area contributed by atoms with Gasteiger partial charge in [-0.1, -0.05) is 6.07 Å². The molecule has 0 unspecified atom stereocenters. The monoisotopic (exact) mass is 304 g/mol. The van der Waals surface area contributed by atoms with Crippen molar-refractivity contribution in [2.45, 2.75) is 19.5 Å². The molecule has 0 saturated carbocycles. The summed E-state index contributed by atoms with van der Waals surface area (Å²) >= 11 is 5.00. The van der Waals surface area contributed by atoms with Crippen molar-refractivity contribution < 1.29 is 4.74 Å². The number of hydrogen-bond acceptors (Lipinski definition) is 5. The van der Waals surface area contributed by atoms with Crippen LogP contribution in [0.2, 0.25) is 0 Å². The third-order valence-corrected chi connectivity index (χ3v) is 3.81. The first-order chi connectivity index (χ1) is 10.2. The number of rotatable bonds is 3. The molecule has 7 heteroatoms. The fourth-order valence-electron chi connectivity index (χ4n) is 2.53. The lowest BCUT2D eigenvalue weighted by Gasteiger charge is -2.27. The summed E-state index contributed by atoms with van der Waals surface area (Å²) in [7, 11) is 1.60. The van der Waals surface area contributed by atoms with E-state index in [-0.39, 0.29) is 5.56 Å². The molecule has 3 rings (SSSR count). The first-order valence-corrected chi connectivity index (χ1v) is 7.12. The molecule has 2 N–H and O–H groups in total. The number of fused-ring (bicyclic) bond motifs is 1. The summed E-state index contributed by atoms with van der Waals surface area (Å²) in [6, 6.07) is 3.83. The van der Waals surface area contributed by atoms with Crippen LogP contribution in [0, 0.1) is 4.77 Å². The van der Waals surface area contributed by atoms with Crippen LogP contribution in [0.1, 0.15) is 16.8 Å². The minimum absolute atomic E-state index is 0.0914. The van der Waals surface area contributed by atoms with E-state index in [1.807, 2.05) is 12.1 Å². The highest BCUT2D eigenvalue weighted by molar-refractivity contribution is 7.71. The fourth-order valence-corrected chi connectivity index (χ4v) is 2.75. The van der Waals surface area contributed by atoms with Crippen molar-refractivity contribution in [3.05, 3.63) is 50.3 Å². The third-order valence-electron chi connectivity index (χ3n) is 3.60. The Balaban J connectivity index is 1.76. The van der Waals surface area contributed by atoms with Gasteiger partial charge in [-0.15, -0.1) is 0 Å². The van der Waals surface area contributed by atoms with E-state index in [1.165, 1.54) is 0 Å². The van der Waals surface area contributed by atoms with Crippen LogP contribution in [0.3, 0.4) is 0 Å². The smallest absolute Gasteiger partial charge is 0.256 e. The molecule has 0 radical (unpaired) electrons. The molecule has 110 valence electrons. The molecule has 3 heterocycles. The van der Waals surface area contributed by atoms with Gasteiger partial charge in [-0.3, -0.25) is 14.7 Å². The standard InChI is InChI=1S/C14H16N4O2S/c1-20-12-3-2-9(6-15-12)7-18-5-4-11-10(8-18)13(19)17-14(21)16-11/h2-3,6H,4-5,7-8H2,1H3,(H2,16,17,19,21). The number of nitrogens with zero attached hydrogens (tertiary/aromatic N) is 2. The van der Waals surface area contributed by atoms with Crippen LogP contribution in [0.5, 0.6) is 5.88 Å². The van der Waals surface area contributed by atoms with Gasteiger partial charge in [-0.25, -0.2) is 4.98 Å². The van der Waals surface area contributed by atoms with Gasteiger partial charge in [-0.05, 0) is 17.8 Å². The second-order valence-corrected chi connectivity index (χ2v) is 5.44. The van der Waals surface area contributed by atoms with E-state index in [0.717, 1.165) is 36.3 Å². The predicted molar refractivity (Wildman–Crippen MR) is 80.9 cm³/mol. The van der Waals surface area contributed by atoms with E-state index >= 15 is 0 Å². The van der Waals surface area contributed by atoms with Crippen LogP contribution >= 0.6 is 12.2 Å². The SMILES string of the molecule is COc1ccc(CN2CCc3[nH]c(=S)[nH]c(=O)c3C2)cn1. The maximum absolute atomic E-state index is 12.0. The van der Waals surface area contributed by atoms with Gasteiger partial charge < -0.3 is 9.72 Å². The lowest BCUT2D eigenvalue weighted by atomic mass is 10.1. The van der Waals surface area contributed by atoms with Gasteiger partial charge in [0.1, 0.15) is 0 Å². The maximum Gasteiger partial charge on any atom is 0.256 e. The molecule has 21 heavy (non-hydrogen) atoms. The van der Waals surface area contributed by atoms with Crippen molar-refractivity contribution in [3.8, 4) is 5.88 Å². The van der Waals surface area contributed by atoms with Gasteiger partial charge in [0.15, 0.2) is 4.77 Å². The second kappa shape index (κ2) is 5.79. The van der Waals surface area contributed by atoms with Gasteiger partial charge in [0.2, 0.25) is 5.88 Å². The molecule has 0 saturated heterocycles. The maximum atomic E-state index is 12.0. The zero-order valence-electron chi connectivity index (χ0n) is 11.7. The normalized spacial score (nSPS) is 14.7. The van der Waals surface area contributed by atoms with E-state index < -0.39 is 0 Å². The molecule has 0 atom stereocenters. The van der Waals surface area contributed by atoms with Gasteiger partial charge in [0.25, 0.3) is 5.56 Å². The van der Waals surface area contributed by atoms with Crippen LogP contribution in [0.25, 0.3) is 0 Å². The Bertz CT molecular complexity index is 751. The van der Waals surface area contributed by atoms with Gasteiger partial charge in [0, 0.05) is 44.0 Å². The number of aromatic amines is 2. The Morgan fingerprint density at radius 2 is 2.29 bits per heavy atom. The first-order valence-electron chi connectivity index (χ1n) is 6.71. The zero-order chi connectivity index (χ0) is 14.8. The molecule has 0 bridgehead atoms. The Labute approximate surface area is 126 Å². The Morgan fingerprint density at radius 3 is 3.00 bits per heavy atom. The van der Waals surface area contributed by atoms with Gasteiger partial charge in [-0.2, -0.15) is 0 Å². The predicted octanol–water partition coefficient (Wildman–Crippen LogP) is 1.39. The van der Waals surface area contributed by atoms with E-state index in [9.17, 15) is 4.79 Å². The highest BCUT2D eigenvalue weighted by Crippen LogP contribution is 2.16. The highest BCUT2D eigenvalue weighted by Gasteiger charge is 2.19. The lowest BCUT2D eigenvalue weighted by molar-refractivity contribution is 0.241. The number of nitrogens with one attached hydrogen (secondary N) is 2. The van der Waals surface area contributed by atoms with Crippen molar-refractivity contribution in [2.75, 3.05) is 13.7 Å². The molecule has 0 amide bonds. The summed E-state index contributed by atoms with van der Waals surface area (Å²) in [6.45, 7) is 2.25. The minimum atomic E-state index is -0.0914. The molecule has 1 aliphatic heterocycles. The van der Waals surface area contributed by atoms with Crippen LogP contribution in [-0.2, 0) is 19.5 Å². The average molecular weight is 304 g/mol. The second-order valence-electron chi connectivity index (χ2n) is 5.03. The Hall–Kier alpha value is -1.99. The largest absolute Gasteiger partial charge is 0.481 e. The van der Waals surface area contributed by atoms with Crippen LogP contribution in [0.4, 0.5) is 0 Å². The summed E-state index contributed by atoms with van der Waals surface area (Å²) in [4.78, 5) is 24.1. The summed E-state index contributed by atoms with van der Waals surface area (Å²) in [5, 5.41) is 0. The van der Waals surface area contributed by atoms with E-state index in [1.54, 1.807) is 13.3 Å². The van der Waals surface area contributed by atoms with Crippen LogP contribution < -0.4 is 10.3 Å². The molecule has 2 aromatic heterocycles. The minimum Gasteiger partial charge on any atom is -0.481 e. The van der Waals surface area contributed by atoms with Crippen molar-refractivity contribution in [3.63, 3.8) is 0 Å². The Kier molecular flexibility index (Phi) is 3.85. The van der Waals surface area contributed by atoms with Gasteiger partial charge in [0.05, 0.1) is 12.7 Å². The molecule has 0 spiro atoms. The summed E-state index contributed by atoms with van der Waals surface area (Å²) in [5.41, 5.74) is 2.73. The molecule has 0 aromatic carbocycles. The van der Waals surface area contributed by atoms with Crippen molar-refractivity contribution in [1.29, 1.82) is 0 Å². The molecular weight excluding hydrogens is 288 g/mol. The fraction of sp³-hybridized carbons (Fsp3) is 0.357. The zero-order valence-corrected chi connectivity index (χ0v) is 12.5. The number of pyridine rings is 1. The molecule has 0 fully saturated rings. The average Bonchev–Trinajstić information content (AvgIpc) is 2.48. The topological polar surface area (TPSA) is 74.0 Å². The van der Waals surface area contributed by atoms with E-state index in [4.69, 9.17) is 17.0 Å². The van der Waals surface area contributed by atoms with Crippen LogP contribution in [0.15, 0.2) is 23.1 Å². The first kappa shape index (κ1) is 14.0. The Morgan fingerprint density at radius 1 is 1.43 bits per heavy atom. The van der Waals surface area contributed by atoms with Crippen molar-refractivity contribution in [2.24, 2.45) is 0 Å². The molecule has 2 aromatic rings. The van der Waals surface area contributed by atoms with E-state index in [0.29, 0.717) is 17.2 Å². The van der Waals surface area contributed by atoms with Crippen molar-refractivity contribution >= 4 is 12.2 Å². The molecule has 0 aliphatic carbocycles. The number of H-pyrrole nitrogens is 2. The van der Waals surface area contributed by atoms with Crippen LogP contribution in [-0.4, -0.2) is 33.5 Å². The molecular formula is C14H16N4O2S. The third kappa shape index (κ3) is 3.03.